The number of carbonyl (C=O) groups is 1. The standard InChI is InChI=1S/C17H13F5N2O2/c18-11-2-1-10(14(19)6-11)5-16(25)24-8-13(9-24)26-12-3-4-23-15(7-12)17(20,21)22/h1-4,6-7,13H,5,8-9H2. The molecule has 1 fully saturated rings. The van der Waals surface area contributed by atoms with E-state index in [1.807, 2.05) is 0 Å². The fourth-order valence-corrected chi connectivity index (χ4v) is 2.49. The number of hydrogen-bond acceptors (Lipinski definition) is 3. The highest BCUT2D eigenvalue weighted by molar-refractivity contribution is 5.79. The Morgan fingerprint density at radius 1 is 1.19 bits per heavy atom. The third-order valence-corrected chi connectivity index (χ3v) is 3.88. The molecular formula is C17H13F5N2O2. The summed E-state index contributed by atoms with van der Waals surface area (Å²) < 4.78 is 69.6. The Morgan fingerprint density at radius 3 is 2.58 bits per heavy atom. The highest BCUT2D eigenvalue weighted by atomic mass is 19.4. The van der Waals surface area contributed by atoms with Crippen LogP contribution in [0.2, 0.25) is 0 Å². The molecule has 4 nitrogen and oxygen atoms in total. The van der Waals surface area contributed by atoms with Crippen LogP contribution in [-0.2, 0) is 17.4 Å². The van der Waals surface area contributed by atoms with Gasteiger partial charge in [0.05, 0.1) is 19.5 Å². The van der Waals surface area contributed by atoms with E-state index in [4.69, 9.17) is 4.74 Å². The summed E-state index contributed by atoms with van der Waals surface area (Å²) in [4.78, 5) is 16.7. The molecular weight excluding hydrogens is 359 g/mol. The molecule has 1 amide bonds. The van der Waals surface area contributed by atoms with E-state index in [0.717, 1.165) is 18.3 Å². The van der Waals surface area contributed by atoms with Gasteiger partial charge in [-0.05, 0) is 17.7 Å². The SMILES string of the molecule is O=C(Cc1ccc(F)cc1F)N1CC(Oc2ccnc(C(F)(F)F)c2)C1. The molecule has 0 aliphatic carbocycles. The van der Waals surface area contributed by atoms with Crippen LogP contribution >= 0.6 is 0 Å². The molecule has 3 rings (SSSR count). The van der Waals surface area contributed by atoms with Crippen molar-refractivity contribution in [2.75, 3.05) is 13.1 Å². The number of carbonyl (C=O) groups excluding carboxylic acids is 1. The second kappa shape index (κ2) is 6.89. The average molecular weight is 372 g/mol. The number of amides is 1. The van der Waals surface area contributed by atoms with Gasteiger partial charge in [0.1, 0.15) is 29.2 Å². The van der Waals surface area contributed by atoms with Crippen LogP contribution < -0.4 is 4.74 Å². The Labute approximate surface area is 145 Å². The highest BCUT2D eigenvalue weighted by Gasteiger charge is 2.35. The minimum atomic E-state index is -4.57. The Kier molecular flexibility index (Phi) is 4.80. The van der Waals surface area contributed by atoms with E-state index in [-0.39, 0.29) is 36.7 Å². The van der Waals surface area contributed by atoms with Gasteiger partial charge >= 0.3 is 6.18 Å². The first kappa shape index (κ1) is 18.1. The molecule has 2 heterocycles. The molecule has 0 bridgehead atoms. The Balaban J connectivity index is 1.53. The number of alkyl halides is 3. The average Bonchev–Trinajstić information content (AvgIpc) is 2.52. The third-order valence-electron chi connectivity index (χ3n) is 3.88. The molecule has 138 valence electrons. The molecule has 1 saturated heterocycles. The molecule has 0 N–H and O–H groups in total. The van der Waals surface area contributed by atoms with Gasteiger partial charge in [-0.15, -0.1) is 0 Å². The van der Waals surface area contributed by atoms with Gasteiger partial charge in [0.15, 0.2) is 0 Å². The molecule has 9 heteroatoms. The summed E-state index contributed by atoms with van der Waals surface area (Å²) in [5, 5.41) is 0. The molecule has 0 atom stereocenters. The van der Waals surface area contributed by atoms with Crippen molar-refractivity contribution in [2.45, 2.75) is 18.7 Å². The first-order valence-electron chi connectivity index (χ1n) is 7.64. The predicted octanol–water partition coefficient (Wildman–Crippen LogP) is 3.21. The Hall–Kier alpha value is -2.71. The van der Waals surface area contributed by atoms with E-state index < -0.39 is 29.6 Å². The van der Waals surface area contributed by atoms with E-state index >= 15 is 0 Å². The zero-order valence-corrected chi connectivity index (χ0v) is 13.3. The molecule has 1 aliphatic rings. The number of rotatable bonds is 4. The van der Waals surface area contributed by atoms with E-state index in [0.29, 0.717) is 6.07 Å². The minimum absolute atomic E-state index is 0.00834. The van der Waals surface area contributed by atoms with Gasteiger partial charge in [-0.3, -0.25) is 9.78 Å². The van der Waals surface area contributed by atoms with Crippen molar-refractivity contribution >= 4 is 5.91 Å². The van der Waals surface area contributed by atoms with Crippen LogP contribution in [0.1, 0.15) is 11.3 Å². The van der Waals surface area contributed by atoms with Crippen LogP contribution in [-0.4, -0.2) is 35.0 Å². The monoisotopic (exact) mass is 372 g/mol. The predicted molar refractivity (Wildman–Crippen MR) is 80.3 cm³/mol. The van der Waals surface area contributed by atoms with Crippen LogP contribution in [0.4, 0.5) is 22.0 Å². The first-order valence-corrected chi connectivity index (χ1v) is 7.64. The molecule has 2 aromatic rings. The lowest BCUT2D eigenvalue weighted by Crippen LogP contribution is -2.56. The van der Waals surface area contributed by atoms with Gasteiger partial charge in [-0.25, -0.2) is 8.78 Å². The van der Waals surface area contributed by atoms with Crippen LogP contribution in [0.5, 0.6) is 5.75 Å². The summed E-state index contributed by atoms with van der Waals surface area (Å²) in [5.74, 6) is -1.90. The normalized spacial score (nSPS) is 14.9. The number of likely N-dealkylation sites (tertiary alicyclic amines) is 1. The van der Waals surface area contributed by atoms with Crippen LogP contribution in [0.25, 0.3) is 0 Å². The van der Waals surface area contributed by atoms with Gasteiger partial charge in [-0.2, -0.15) is 13.2 Å². The largest absolute Gasteiger partial charge is 0.487 e. The number of hydrogen-bond donors (Lipinski definition) is 0. The van der Waals surface area contributed by atoms with Gasteiger partial charge in [0.2, 0.25) is 5.91 Å². The van der Waals surface area contributed by atoms with E-state index in [9.17, 15) is 26.7 Å². The number of halogens is 5. The Morgan fingerprint density at radius 2 is 1.92 bits per heavy atom. The summed E-state index contributed by atoms with van der Waals surface area (Å²) in [7, 11) is 0. The van der Waals surface area contributed by atoms with E-state index in [1.165, 1.54) is 17.0 Å². The quantitative estimate of drug-likeness (QED) is 0.774. The third kappa shape index (κ3) is 4.09. The van der Waals surface area contributed by atoms with E-state index in [1.54, 1.807) is 0 Å². The maximum Gasteiger partial charge on any atom is 0.433 e. The fourth-order valence-electron chi connectivity index (χ4n) is 2.49. The molecule has 0 unspecified atom stereocenters. The van der Waals surface area contributed by atoms with Crippen molar-refractivity contribution in [1.82, 2.24) is 9.88 Å². The zero-order valence-electron chi connectivity index (χ0n) is 13.3. The zero-order chi connectivity index (χ0) is 18.9. The second-order valence-electron chi connectivity index (χ2n) is 5.83. The second-order valence-corrected chi connectivity index (χ2v) is 5.83. The van der Waals surface area contributed by atoms with Crippen molar-refractivity contribution in [3.8, 4) is 5.75 Å². The summed E-state index contributed by atoms with van der Waals surface area (Å²) in [6.07, 6.45) is -4.26. The summed E-state index contributed by atoms with van der Waals surface area (Å²) in [5.41, 5.74) is -0.987. The van der Waals surface area contributed by atoms with E-state index in [2.05, 4.69) is 4.98 Å². The van der Waals surface area contributed by atoms with Gasteiger partial charge in [0.25, 0.3) is 0 Å². The van der Waals surface area contributed by atoms with Crippen molar-refractivity contribution in [2.24, 2.45) is 0 Å². The van der Waals surface area contributed by atoms with Gasteiger partial charge in [0, 0.05) is 18.3 Å². The van der Waals surface area contributed by atoms with Crippen molar-refractivity contribution < 1.29 is 31.5 Å². The van der Waals surface area contributed by atoms with Crippen molar-refractivity contribution in [1.29, 1.82) is 0 Å². The van der Waals surface area contributed by atoms with Crippen LogP contribution in [0.3, 0.4) is 0 Å². The number of aromatic nitrogens is 1. The number of benzene rings is 1. The molecule has 0 saturated carbocycles. The molecule has 1 aliphatic heterocycles. The van der Waals surface area contributed by atoms with Crippen molar-refractivity contribution in [3.63, 3.8) is 0 Å². The number of pyridine rings is 1. The van der Waals surface area contributed by atoms with Crippen molar-refractivity contribution in [3.05, 3.63) is 59.4 Å². The maximum atomic E-state index is 13.6. The smallest absolute Gasteiger partial charge is 0.433 e. The molecule has 1 aromatic heterocycles. The molecule has 1 aromatic carbocycles. The van der Waals surface area contributed by atoms with Gasteiger partial charge < -0.3 is 9.64 Å². The molecule has 0 radical (unpaired) electrons. The van der Waals surface area contributed by atoms with Gasteiger partial charge in [-0.1, -0.05) is 6.07 Å². The lowest BCUT2D eigenvalue weighted by molar-refractivity contribution is -0.141. The maximum absolute atomic E-state index is 13.6. The summed E-state index contributed by atoms with van der Waals surface area (Å²) in [6, 6.07) is 5.06. The minimum Gasteiger partial charge on any atom is -0.487 e. The molecule has 26 heavy (non-hydrogen) atoms. The van der Waals surface area contributed by atoms with Crippen LogP contribution in [0.15, 0.2) is 36.5 Å². The fraction of sp³-hybridized carbons (Fsp3) is 0.294. The molecule has 0 spiro atoms. The lowest BCUT2D eigenvalue weighted by Gasteiger charge is -2.39. The van der Waals surface area contributed by atoms with Crippen LogP contribution in [0, 0.1) is 11.6 Å². The number of ether oxygens (including phenoxy) is 1. The summed E-state index contributed by atoms with van der Waals surface area (Å²) in [6.45, 7) is 0.344. The first-order chi connectivity index (χ1) is 12.2. The highest BCUT2D eigenvalue weighted by Crippen LogP contribution is 2.30. The number of nitrogens with zero attached hydrogens (tertiary/aromatic N) is 2. The summed E-state index contributed by atoms with van der Waals surface area (Å²) >= 11 is 0. The lowest BCUT2D eigenvalue weighted by atomic mass is 10.1. The Bertz CT molecular complexity index is 819. The topological polar surface area (TPSA) is 42.4 Å².